The molecule has 1 atom stereocenters. The van der Waals surface area contributed by atoms with E-state index in [1.807, 2.05) is 31.1 Å². The lowest BCUT2D eigenvalue weighted by Gasteiger charge is -2.23. The number of anilines is 2. The highest BCUT2D eigenvalue weighted by Gasteiger charge is 2.25. The van der Waals surface area contributed by atoms with E-state index in [2.05, 4.69) is 21.7 Å². The number of carbonyl (C=O) groups excluding carboxylic acids is 1. The molecule has 5 nitrogen and oxygen atoms in total. The first-order chi connectivity index (χ1) is 10.6. The summed E-state index contributed by atoms with van der Waals surface area (Å²) in [6.07, 6.45) is 2.84. The SMILES string of the molecule is CN(C)c1ncccc1NC(=O)C[C@@H]1OCCc2ccsc21. The molecule has 0 radical (unpaired) electrons. The number of fused-ring (bicyclic) bond motifs is 1. The van der Waals surface area contributed by atoms with Crippen LogP contribution in [0.15, 0.2) is 29.8 Å². The Morgan fingerprint density at radius 1 is 1.50 bits per heavy atom. The minimum Gasteiger partial charge on any atom is -0.372 e. The van der Waals surface area contributed by atoms with Crippen molar-refractivity contribution < 1.29 is 9.53 Å². The van der Waals surface area contributed by atoms with Crippen molar-refractivity contribution in [1.82, 2.24) is 4.98 Å². The van der Waals surface area contributed by atoms with Crippen LogP contribution in [0.25, 0.3) is 0 Å². The van der Waals surface area contributed by atoms with Crippen LogP contribution in [0.3, 0.4) is 0 Å². The molecule has 0 spiro atoms. The summed E-state index contributed by atoms with van der Waals surface area (Å²) in [4.78, 5) is 19.7. The van der Waals surface area contributed by atoms with Crippen LogP contribution in [-0.4, -0.2) is 31.6 Å². The zero-order valence-electron chi connectivity index (χ0n) is 12.7. The monoisotopic (exact) mass is 317 g/mol. The molecule has 3 heterocycles. The Balaban J connectivity index is 1.70. The van der Waals surface area contributed by atoms with Gasteiger partial charge in [-0.1, -0.05) is 0 Å². The average molecular weight is 317 g/mol. The molecule has 1 aliphatic rings. The van der Waals surface area contributed by atoms with E-state index in [-0.39, 0.29) is 12.0 Å². The van der Waals surface area contributed by atoms with Crippen molar-refractivity contribution in [1.29, 1.82) is 0 Å². The first-order valence-electron chi connectivity index (χ1n) is 7.25. The third-order valence-corrected chi connectivity index (χ3v) is 4.67. The molecule has 2 aromatic rings. The summed E-state index contributed by atoms with van der Waals surface area (Å²) in [5.74, 6) is 0.694. The number of hydrogen-bond acceptors (Lipinski definition) is 5. The highest BCUT2D eigenvalue weighted by atomic mass is 32.1. The minimum atomic E-state index is -0.136. The van der Waals surface area contributed by atoms with E-state index in [1.165, 1.54) is 10.4 Å². The van der Waals surface area contributed by atoms with E-state index in [9.17, 15) is 4.79 Å². The van der Waals surface area contributed by atoms with Gasteiger partial charge in [-0.3, -0.25) is 4.79 Å². The number of nitrogens with one attached hydrogen (secondary N) is 1. The quantitative estimate of drug-likeness (QED) is 0.942. The van der Waals surface area contributed by atoms with Gasteiger partial charge in [0.25, 0.3) is 0 Å². The normalized spacial score (nSPS) is 16.9. The van der Waals surface area contributed by atoms with Gasteiger partial charge < -0.3 is 15.0 Å². The summed E-state index contributed by atoms with van der Waals surface area (Å²) in [5.41, 5.74) is 2.03. The summed E-state index contributed by atoms with van der Waals surface area (Å²) in [5, 5.41) is 5.01. The number of hydrogen-bond donors (Lipinski definition) is 1. The maximum absolute atomic E-state index is 12.4. The maximum atomic E-state index is 12.4. The number of amides is 1. The largest absolute Gasteiger partial charge is 0.372 e. The van der Waals surface area contributed by atoms with Crippen LogP contribution in [0.1, 0.15) is 23.0 Å². The van der Waals surface area contributed by atoms with E-state index >= 15 is 0 Å². The molecule has 0 saturated carbocycles. The first kappa shape index (κ1) is 15.0. The predicted molar refractivity (Wildman–Crippen MR) is 88.5 cm³/mol. The van der Waals surface area contributed by atoms with Crippen LogP contribution in [0, 0.1) is 0 Å². The fourth-order valence-electron chi connectivity index (χ4n) is 2.60. The third-order valence-electron chi connectivity index (χ3n) is 3.62. The fourth-order valence-corrected chi connectivity index (χ4v) is 3.60. The molecule has 0 aliphatic carbocycles. The summed E-state index contributed by atoms with van der Waals surface area (Å²) in [6, 6.07) is 5.80. The molecule has 1 N–H and O–H groups in total. The van der Waals surface area contributed by atoms with Gasteiger partial charge in [-0.2, -0.15) is 0 Å². The van der Waals surface area contributed by atoms with Crippen molar-refractivity contribution in [2.45, 2.75) is 18.9 Å². The highest BCUT2D eigenvalue weighted by Crippen LogP contribution is 2.34. The van der Waals surface area contributed by atoms with E-state index in [1.54, 1.807) is 17.5 Å². The van der Waals surface area contributed by atoms with Crippen molar-refractivity contribution in [2.75, 3.05) is 30.9 Å². The standard InChI is InChI=1S/C16H19N3O2S/c1-19(2)16-12(4-3-7-17-16)18-14(20)10-13-15-11(5-8-21-13)6-9-22-15/h3-4,6-7,9,13H,5,8,10H2,1-2H3,(H,18,20)/t13-/m0/s1. The zero-order chi connectivity index (χ0) is 15.5. The molecule has 6 heteroatoms. The maximum Gasteiger partial charge on any atom is 0.227 e. The summed E-state index contributed by atoms with van der Waals surface area (Å²) in [7, 11) is 3.81. The number of nitrogens with zero attached hydrogens (tertiary/aromatic N) is 2. The molecule has 0 bridgehead atoms. The minimum absolute atomic E-state index is 0.0534. The molecule has 0 aromatic carbocycles. The zero-order valence-corrected chi connectivity index (χ0v) is 13.5. The lowest BCUT2D eigenvalue weighted by atomic mass is 10.1. The van der Waals surface area contributed by atoms with Gasteiger partial charge in [0.2, 0.25) is 5.91 Å². The number of carbonyl (C=O) groups is 1. The molecule has 0 saturated heterocycles. The van der Waals surface area contributed by atoms with Crippen LogP contribution in [0.5, 0.6) is 0 Å². The molecule has 0 fully saturated rings. The summed E-state index contributed by atoms with van der Waals surface area (Å²) >= 11 is 1.66. The van der Waals surface area contributed by atoms with Crippen molar-refractivity contribution in [2.24, 2.45) is 0 Å². The molecule has 1 amide bonds. The fraction of sp³-hybridized carbons (Fsp3) is 0.375. The summed E-state index contributed by atoms with van der Waals surface area (Å²) in [6.45, 7) is 0.678. The lowest BCUT2D eigenvalue weighted by Crippen LogP contribution is -2.22. The molecule has 22 heavy (non-hydrogen) atoms. The van der Waals surface area contributed by atoms with Gasteiger partial charge in [0, 0.05) is 25.2 Å². The number of aromatic nitrogens is 1. The Labute approximate surface area is 133 Å². The Kier molecular flexibility index (Phi) is 4.40. The third kappa shape index (κ3) is 3.13. The van der Waals surface area contributed by atoms with Crippen LogP contribution in [0.4, 0.5) is 11.5 Å². The van der Waals surface area contributed by atoms with Crippen LogP contribution >= 0.6 is 11.3 Å². The van der Waals surface area contributed by atoms with Gasteiger partial charge >= 0.3 is 0 Å². The molecule has 3 rings (SSSR count). The Hall–Kier alpha value is -1.92. The topological polar surface area (TPSA) is 54.5 Å². The molecular formula is C16H19N3O2S. The Morgan fingerprint density at radius 2 is 2.36 bits per heavy atom. The van der Waals surface area contributed by atoms with Crippen LogP contribution in [0.2, 0.25) is 0 Å². The van der Waals surface area contributed by atoms with Crippen molar-refractivity contribution >= 4 is 28.7 Å². The van der Waals surface area contributed by atoms with Gasteiger partial charge in [0.15, 0.2) is 5.82 Å². The Bertz CT molecular complexity index is 669. The van der Waals surface area contributed by atoms with E-state index < -0.39 is 0 Å². The number of ether oxygens (including phenoxy) is 1. The highest BCUT2D eigenvalue weighted by molar-refractivity contribution is 7.10. The molecule has 1 aliphatic heterocycles. The second kappa shape index (κ2) is 6.46. The van der Waals surface area contributed by atoms with Crippen molar-refractivity contribution in [3.05, 3.63) is 40.2 Å². The van der Waals surface area contributed by atoms with E-state index in [0.717, 1.165) is 17.9 Å². The van der Waals surface area contributed by atoms with E-state index in [4.69, 9.17) is 4.74 Å². The van der Waals surface area contributed by atoms with Gasteiger partial charge in [-0.25, -0.2) is 4.98 Å². The number of rotatable bonds is 4. The second-order valence-electron chi connectivity index (χ2n) is 5.44. The van der Waals surface area contributed by atoms with Gasteiger partial charge in [-0.15, -0.1) is 11.3 Å². The van der Waals surface area contributed by atoms with Gasteiger partial charge in [0.05, 0.1) is 18.7 Å². The van der Waals surface area contributed by atoms with Crippen LogP contribution < -0.4 is 10.2 Å². The molecule has 2 aromatic heterocycles. The number of thiophene rings is 1. The number of pyridine rings is 1. The molecular weight excluding hydrogens is 298 g/mol. The Morgan fingerprint density at radius 3 is 3.18 bits per heavy atom. The predicted octanol–water partition coefficient (Wildman–Crippen LogP) is 2.85. The second-order valence-corrected chi connectivity index (χ2v) is 6.39. The van der Waals surface area contributed by atoms with Crippen molar-refractivity contribution in [3.63, 3.8) is 0 Å². The van der Waals surface area contributed by atoms with Crippen LogP contribution in [-0.2, 0) is 16.0 Å². The first-order valence-corrected chi connectivity index (χ1v) is 8.13. The average Bonchev–Trinajstić information content (AvgIpc) is 2.97. The summed E-state index contributed by atoms with van der Waals surface area (Å²) < 4.78 is 5.77. The van der Waals surface area contributed by atoms with Gasteiger partial charge in [0.1, 0.15) is 6.10 Å². The van der Waals surface area contributed by atoms with Gasteiger partial charge in [-0.05, 0) is 35.6 Å². The smallest absolute Gasteiger partial charge is 0.227 e. The van der Waals surface area contributed by atoms with E-state index in [0.29, 0.717) is 13.0 Å². The molecule has 0 unspecified atom stereocenters. The lowest BCUT2D eigenvalue weighted by molar-refractivity contribution is -0.119. The molecule has 116 valence electrons. The van der Waals surface area contributed by atoms with Crippen molar-refractivity contribution in [3.8, 4) is 0 Å².